The fraction of sp³-hybridized carbons (Fsp3) is 0.955. The van der Waals surface area contributed by atoms with Gasteiger partial charge >= 0.3 is 11.9 Å². The lowest BCUT2D eigenvalue weighted by molar-refractivity contribution is -0.151. The Balaban J connectivity index is 4.36. The summed E-state index contributed by atoms with van der Waals surface area (Å²) in [7, 11) is 0. The van der Waals surface area contributed by atoms with Gasteiger partial charge in [0, 0.05) is 6.42 Å². The largest absolute Gasteiger partial charge is 0.481 e. The van der Waals surface area contributed by atoms with Crippen molar-refractivity contribution in [2.24, 2.45) is 17.3 Å². The Hall–Kier alpha value is -1.06. The molecule has 0 amide bonds. The summed E-state index contributed by atoms with van der Waals surface area (Å²) in [5, 5.41) is 19.3. The highest BCUT2D eigenvalue weighted by Crippen LogP contribution is 2.38. The second-order valence-electron chi connectivity index (χ2n) is 16.6. The van der Waals surface area contributed by atoms with Gasteiger partial charge in [-0.05, 0) is 37.5 Å². The van der Waals surface area contributed by atoms with Crippen molar-refractivity contribution in [3.05, 3.63) is 0 Å². The average Bonchev–Trinajstić information content (AvgIpc) is 3.03. The van der Waals surface area contributed by atoms with Gasteiger partial charge in [-0.3, -0.25) is 9.59 Å². The van der Waals surface area contributed by atoms with Crippen molar-refractivity contribution in [2.45, 2.75) is 252 Å². The zero-order chi connectivity index (χ0) is 35.6. The number of unbranched alkanes of at least 4 members (excludes halogenated alkanes) is 26. The van der Waals surface area contributed by atoms with Crippen molar-refractivity contribution in [1.82, 2.24) is 0 Å². The molecule has 0 fully saturated rings. The van der Waals surface area contributed by atoms with Crippen LogP contribution in [0.2, 0.25) is 0 Å². The Morgan fingerprint density at radius 2 is 0.604 bits per heavy atom. The molecule has 0 radical (unpaired) electrons. The molecule has 0 heterocycles. The second-order valence-corrected chi connectivity index (χ2v) is 16.6. The number of rotatable bonds is 39. The summed E-state index contributed by atoms with van der Waals surface area (Å²) in [6, 6.07) is 0. The maximum Gasteiger partial charge on any atom is 0.309 e. The van der Waals surface area contributed by atoms with Gasteiger partial charge in [-0.15, -0.1) is 0 Å². The molecular formula is C44H86O4. The smallest absolute Gasteiger partial charge is 0.309 e. The average molecular weight is 679 g/mol. The first-order valence-corrected chi connectivity index (χ1v) is 21.6. The SMILES string of the molecule is CC(C)CCCCCCCCCCCCCC(CCCCCCCCCCCCCC(C)C)(CCCCCCCCCC(=O)O)C(=O)O. The van der Waals surface area contributed by atoms with Crippen LogP contribution >= 0.6 is 0 Å². The zero-order valence-electron chi connectivity index (χ0n) is 33.1. The number of carboxylic acid groups (broad SMARTS) is 2. The summed E-state index contributed by atoms with van der Waals surface area (Å²) >= 11 is 0. The van der Waals surface area contributed by atoms with Gasteiger partial charge in [-0.1, -0.05) is 220 Å². The number of carboxylic acids is 2. The minimum Gasteiger partial charge on any atom is -0.481 e. The number of aliphatic carboxylic acids is 2. The molecule has 0 atom stereocenters. The van der Waals surface area contributed by atoms with E-state index in [-0.39, 0.29) is 6.42 Å². The lowest BCUT2D eigenvalue weighted by Gasteiger charge is -2.30. The molecule has 286 valence electrons. The van der Waals surface area contributed by atoms with Crippen LogP contribution < -0.4 is 0 Å². The maximum absolute atomic E-state index is 12.8. The first-order valence-electron chi connectivity index (χ1n) is 21.6. The molecule has 4 heteroatoms. The Bertz CT molecular complexity index is 666. The molecule has 0 bridgehead atoms. The molecule has 4 nitrogen and oxygen atoms in total. The van der Waals surface area contributed by atoms with E-state index in [0.29, 0.717) is 0 Å². The molecule has 0 saturated carbocycles. The lowest BCUT2D eigenvalue weighted by Crippen LogP contribution is -2.31. The summed E-state index contributed by atoms with van der Waals surface area (Å²) in [5.74, 6) is 0.441. The molecular weight excluding hydrogens is 592 g/mol. The van der Waals surface area contributed by atoms with Crippen LogP contribution in [0.1, 0.15) is 252 Å². The van der Waals surface area contributed by atoms with Crippen molar-refractivity contribution in [1.29, 1.82) is 0 Å². The maximum atomic E-state index is 12.8. The fourth-order valence-electron chi connectivity index (χ4n) is 7.53. The predicted molar refractivity (Wildman–Crippen MR) is 209 cm³/mol. The van der Waals surface area contributed by atoms with E-state index in [0.717, 1.165) is 88.9 Å². The highest BCUT2D eigenvalue weighted by Gasteiger charge is 2.36. The van der Waals surface area contributed by atoms with Crippen LogP contribution in [0.3, 0.4) is 0 Å². The molecule has 0 unspecified atom stereocenters. The van der Waals surface area contributed by atoms with Crippen molar-refractivity contribution in [2.75, 3.05) is 0 Å². The molecule has 0 aromatic carbocycles. The summed E-state index contributed by atoms with van der Waals surface area (Å²) in [6.45, 7) is 9.28. The Morgan fingerprint density at radius 1 is 0.375 bits per heavy atom. The van der Waals surface area contributed by atoms with Crippen molar-refractivity contribution >= 4 is 11.9 Å². The first kappa shape index (κ1) is 46.9. The van der Waals surface area contributed by atoms with Crippen LogP contribution in [0.15, 0.2) is 0 Å². The molecule has 0 aliphatic rings. The predicted octanol–water partition coefficient (Wildman–Crippen LogP) is 15.1. The van der Waals surface area contributed by atoms with Crippen LogP contribution in [0.4, 0.5) is 0 Å². The van der Waals surface area contributed by atoms with E-state index in [1.54, 1.807) is 0 Å². The highest BCUT2D eigenvalue weighted by atomic mass is 16.4. The van der Waals surface area contributed by atoms with Gasteiger partial charge in [0.1, 0.15) is 0 Å². The van der Waals surface area contributed by atoms with Gasteiger partial charge in [-0.2, -0.15) is 0 Å². The van der Waals surface area contributed by atoms with Gasteiger partial charge in [0.05, 0.1) is 5.41 Å². The Morgan fingerprint density at radius 3 is 0.833 bits per heavy atom. The fourth-order valence-corrected chi connectivity index (χ4v) is 7.53. The standard InChI is InChI=1S/C44H86O4/c1-40(2)34-28-22-16-11-7-5-9-13-19-25-31-37-44(43(47)48,39-33-27-21-15-18-24-30-36-42(45)46)38-32-26-20-14-10-6-8-12-17-23-29-35-41(3)4/h40-41H,5-39H2,1-4H3,(H,45,46)(H,47,48). The minimum atomic E-state index is -0.698. The van der Waals surface area contributed by atoms with E-state index in [9.17, 15) is 14.7 Å². The molecule has 0 rings (SSSR count). The summed E-state index contributed by atoms with van der Waals surface area (Å²) < 4.78 is 0. The molecule has 0 spiro atoms. The molecule has 0 aromatic rings. The topological polar surface area (TPSA) is 74.6 Å². The molecule has 0 aliphatic carbocycles. The monoisotopic (exact) mass is 679 g/mol. The zero-order valence-corrected chi connectivity index (χ0v) is 33.1. The molecule has 0 saturated heterocycles. The van der Waals surface area contributed by atoms with Gasteiger partial charge in [0.25, 0.3) is 0 Å². The van der Waals surface area contributed by atoms with E-state index in [1.807, 2.05) is 0 Å². The number of hydrogen-bond donors (Lipinski definition) is 2. The number of hydrogen-bond acceptors (Lipinski definition) is 2. The minimum absolute atomic E-state index is 0.276. The Kier molecular flexibility index (Phi) is 33.6. The third-order valence-electron chi connectivity index (χ3n) is 10.9. The third kappa shape index (κ3) is 32.2. The van der Waals surface area contributed by atoms with Crippen LogP contribution in [0.25, 0.3) is 0 Å². The molecule has 48 heavy (non-hydrogen) atoms. The van der Waals surface area contributed by atoms with Crippen LogP contribution in [0.5, 0.6) is 0 Å². The summed E-state index contributed by atoms with van der Waals surface area (Å²) in [4.78, 5) is 23.5. The highest BCUT2D eigenvalue weighted by molar-refractivity contribution is 5.74. The van der Waals surface area contributed by atoms with Crippen LogP contribution in [-0.4, -0.2) is 22.2 Å². The quantitative estimate of drug-likeness (QED) is 0.0635. The lowest BCUT2D eigenvalue weighted by atomic mass is 9.74. The normalized spacial score (nSPS) is 12.0. The first-order chi connectivity index (χ1) is 23.2. The molecule has 2 N–H and O–H groups in total. The van der Waals surface area contributed by atoms with Crippen molar-refractivity contribution in [3.63, 3.8) is 0 Å². The van der Waals surface area contributed by atoms with Crippen LogP contribution in [0, 0.1) is 17.3 Å². The third-order valence-corrected chi connectivity index (χ3v) is 10.9. The van der Waals surface area contributed by atoms with E-state index < -0.39 is 17.4 Å². The second kappa shape index (κ2) is 34.4. The van der Waals surface area contributed by atoms with Crippen LogP contribution in [-0.2, 0) is 9.59 Å². The molecule has 0 aromatic heterocycles. The van der Waals surface area contributed by atoms with Gasteiger partial charge in [0.15, 0.2) is 0 Å². The van der Waals surface area contributed by atoms with Gasteiger partial charge in [0.2, 0.25) is 0 Å². The van der Waals surface area contributed by atoms with E-state index in [1.165, 1.54) is 141 Å². The van der Waals surface area contributed by atoms with Crippen molar-refractivity contribution < 1.29 is 19.8 Å². The number of carbonyl (C=O) groups is 2. The van der Waals surface area contributed by atoms with E-state index in [4.69, 9.17) is 5.11 Å². The Labute approximate surface area is 300 Å². The van der Waals surface area contributed by atoms with E-state index in [2.05, 4.69) is 27.7 Å². The summed E-state index contributed by atoms with van der Waals surface area (Å²) in [5.41, 5.74) is -0.535. The van der Waals surface area contributed by atoms with Gasteiger partial charge in [-0.25, -0.2) is 0 Å². The van der Waals surface area contributed by atoms with Gasteiger partial charge < -0.3 is 10.2 Å². The summed E-state index contributed by atoms with van der Waals surface area (Å²) in [6.07, 6.45) is 41.7. The molecule has 0 aliphatic heterocycles. The van der Waals surface area contributed by atoms with Crippen molar-refractivity contribution in [3.8, 4) is 0 Å². The van der Waals surface area contributed by atoms with E-state index >= 15 is 0 Å².